The first-order valence-corrected chi connectivity index (χ1v) is 15.8. The molecule has 1 saturated heterocycles. The van der Waals surface area contributed by atoms with Crippen LogP contribution in [0.25, 0.3) is 0 Å². The van der Waals surface area contributed by atoms with E-state index in [1.165, 1.54) is 37.0 Å². The molecule has 2 N–H and O–H groups in total. The molecular formula is C28H43N3O5S2. The molecule has 1 saturated carbocycles. The Morgan fingerprint density at radius 2 is 1.84 bits per heavy atom. The summed E-state index contributed by atoms with van der Waals surface area (Å²) in [5.41, 5.74) is 0.293. The van der Waals surface area contributed by atoms with Crippen molar-refractivity contribution in [3.63, 3.8) is 0 Å². The molecule has 2 fully saturated rings. The third-order valence-electron chi connectivity index (χ3n) is 6.68. The molecule has 3 amide bonds. The molecule has 10 heteroatoms. The molecule has 8 nitrogen and oxygen atoms in total. The number of carbonyl (C=O) groups is 3. The number of hydrogen-bond acceptors (Lipinski definition) is 7. The molecular weight excluding hydrogens is 522 g/mol. The minimum Gasteiger partial charge on any atom is -0.497 e. The Morgan fingerprint density at radius 3 is 2.50 bits per heavy atom. The van der Waals surface area contributed by atoms with Gasteiger partial charge in [-0.05, 0) is 63.0 Å². The van der Waals surface area contributed by atoms with Crippen molar-refractivity contribution in [2.45, 2.75) is 77.1 Å². The van der Waals surface area contributed by atoms with Gasteiger partial charge in [-0.1, -0.05) is 31.4 Å². The standard InChI is InChI=1S/C28H43N3O5S2/c1-28(2,3)36-27(34)31-14-15-37-19-24(31)26(33)30-23(18-38-17-21-8-6-5-7-9-21)25(32)29-16-20-10-12-22(35-4)13-11-20/h10-13,21,23-24H,5-9,14-19H2,1-4H3,(H,29,32)(H,30,33)/t23-,24?/m0/s1. The summed E-state index contributed by atoms with van der Waals surface area (Å²) >= 11 is 3.35. The average molecular weight is 566 g/mol. The first kappa shape index (κ1) is 30.5. The van der Waals surface area contributed by atoms with Crippen molar-refractivity contribution >= 4 is 41.4 Å². The highest BCUT2D eigenvalue weighted by atomic mass is 32.2. The second-order valence-electron chi connectivity index (χ2n) is 10.9. The summed E-state index contributed by atoms with van der Waals surface area (Å²) in [6.07, 6.45) is 5.82. The lowest BCUT2D eigenvalue weighted by Gasteiger charge is -2.36. The second-order valence-corrected chi connectivity index (χ2v) is 13.2. The van der Waals surface area contributed by atoms with Gasteiger partial charge in [-0.3, -0.25) is 14.5 Å². The van der Waals surface area contributed by atoms with E-state index in [0.717, 1.165) is 22.8 Å². The second kappa shape index (κ2) is 14.9. The van der Waals surface area contributed by atoms with E-state index in [4.69, 9.17) is 9.47 Å². The van der Waals surface area contributed by atoms with Gasteiger partial charge in [0.2, 0.25) is 11.8 Å². The molecule has 1 heterocycles. The minimum atomic E-state index is -0.693. The minimum absolute atomic E-state index is 0.224. The zero-order valence-corrected chi connectivity index (χ0v) is 24.8. The molecule has 1 aliphatic heterocycles. The normalized spacial score (nSPS) is 19.4. The van der Waals surface area contributed by atoms with Crippen molar-refractivity contribution < 1.29 is 23.9 Å². The maximum absolute atomic E-state index is 13.4. The van der Waals surface area contributed by atoms with E-state index in [-0.39, 0.29) is 11.8 Å². The monoisotopic (exact) mass is 565 g/mol. The van der Waals surface area contributed by atoms with Gasteiger partial charge in [0.15, 0.2) is 0 Å². The topological polar surface area (TPSA) is 97.0 Å². The average Bonchev–Trinajstić information content (AvgIpc) is 2.91. The van der Waals surface area contributed by atoms with E-state index in [1.54, 1.807) is 30.6 Å². The molecule has 0 radical (unpaired) electrons. The van der Waals surface area contributed by atoms with E-state index in [2.05, 4.69) is 10.6 Å². The fourth-order valence-corrected chi connectivity index (χ4v) is 6.89. The SMILES string of the molecule is COc1ccc(CNC(=O)[C@H](CSCC2CCCCC2)NC(=O)C2CSCCN2C(=O)OC(C)(C)C)cc1. The van der Waals surface area contributed by atoms with Crippen LogP contribution in [-0.4, -0.2) is 77.2 Å². The molecule has 0 bridgehead atoms. The highest BCUT2D eigenvalue weighted by Crippen LogP contribution is 2.27. The van der Waals surface area contributed by atoms with Gasteiger partial charge in [0.25, 0.3) is 0 Å². The number of nitrogens with one attached hydrogen (secondary N) is 2. The van der Waals surface area contributed by atoms with Gasteiger partial charge in [-0.2, -0.15) is 23.5 Å². The summed E-state index contributed by atoms with van der Waals surface area (Å²) < 4.78 is 10.8. The van der Waals surface area contributed by atoms with E-state index in [9.17, 15) is 14.4 Å². The van der Waals surface area contributed by atoms with Crippen LogP contribution in [0.4, 0.5) is 4.79 Å². The Bertz CT molecular complexity index is 916. The zero-order chi connectivity index (χ0) is 27.5. The lowest BCUT2D eigenvalue weighted by atomic mass is 9.91. The summed E-state index contributed by atoms with van der Waals surface area (Å²) in [4.78, 5) is 41.0. The van der Waals surface area contributed by atoms with Gasteiger partial charge in [-0.15, -0.1) is 0 Å². The number of amides is 3. The Kier molecular flexibility index (Phi) is 12.0. The predicted octanol–water partition coefficient (Wildman–Crippen LogP) is 4.46. The van der Waals surface area contributed by atoms with Crippen LogP contribution in [0, 0.1) is 5.92 Å². The fourth-order valence-electron chi connectivity index (χ4n) is 4.57. The number of rotatable bonds is 10. The van der Waals surface area contributed by atoms with Crippen LogP contribution in [0.1, 0.15) is 58.4 Å². The summed E-state index contributed by atoms with van der Waals surface area (Å²) in [5.74, 6) is 3.58. The Hall–Kier alpha value is -2.07. The van der Waals surface area contributed by atoms with Crippen molar-refractivity contribution in [1.29, 1.82) is 0 Å². The van der Waals surface area contributed by atoms with Gasteiger partial charge < -0.3 is 20.1 Å². The maximum atomic E-state index is 13.4. The molecule has 1 aromatic rings. The zero-order valence-electron chi connectivity index (χ0n) is 23.1. The molecule has 2 aliphatic rings. The Labute approximate surface area is 235 Å². The Balaban J connectivity index is 1.64. The molecule has 212 valence electrons. The number of hydrogen-bond donors (Lipinski definition) is 2. The number of carbonyl (C=O) groups excluding carboxylic acids is 3. The van der Waals surface area contributed by atoms with Crippen LogP contribution in [0.15, 0.2) is 24.3 Å². The third kappa shape index (κ3) is 9.91. The van der Waals surface area contributed by atoms with E-state index < -0.39 is 23.8 Å². The van der Waals surface area contributed by atoms with Crippen LogP contribution >= 0.6 is 23.5 Å². The summed E-state index contributed by atoms with van der Waals surface area (Å²) in [5, 5.41) is 5.95. The van der Waals surface area contributed by atoms with Crippen LogP contribution in [0.3, 0.4) is 0 Å². The first-order chi connectivity index (χ1) is 18.2. The molecule has 0 spiro atoms. The fraction of sp³-hybridized carbons (Fsp3) is 0.679. The third-order valence-corrected chi connectivity index (χ3v) is 8.98. The molecule has 3 rings (SSSR count). The van der Waals surface area contributed by atoms with Gasteiger partial charge >= 0.3 is 6.09 Å². The highest BCUT2D eigenvalue weighted by molar-refractivity contribution is 7.99. The number of nitrogens with zero attached hydrogens (tertiary/aromatic N) is 1. The van der Waals surface area contributed by atoms with Crippen LogP contribution in [0.2, 0.25) is 0 Å². The van der Waals surface area contributed by atoms with Crippen molar-refractivity contribution in [1.82, 2.24) is 15.5 Å². The number of ether oxygens (including phenoxy) is 2. The first-order valence-electron chi connectivity index (χ1n) is 13.5. The van der Waals surface area contributed by atoms with Crippen molar-refractivity contribution in [2.24, 2.45) is 5.92 Å². The van der Waals surface area contributed by atoms with Crippen LogP contribution < -0.4 is 15.4 Å². The predicted molar refractivity (Wildman–Crippen MR) is 155 cm³/mol. The largest absolute Gasteiger partial charge is 0.497 e. The smallest absolute Gasteiger partial charge is 0.411 e. The lowest BCUT2D eigenvalue weighted by Crippen LogP contribution is -2.58. The number of thioether (sulfide) groups is 2. The van der Waals surface area contributed by atoms with Gasteiger partial charge in [-0.25, -0.2) is 4.79 Å². The summed E-state index contributed by atoms with van der Waals surface area (Å²) in [7, 11) is 1.61. The van der Waals surface area contributed by atoms with Crippen molar-refractivity contribution in [2.75, 3.05) is 36.7 Å². The Morgan fingerprint density at radius 1 is 1.13 bits per heavy atom. The van der Waals surface area contributed by atoms with Gasteiger partial charge in [0.05, 0.1) is 7.11 Å². The molecule has 0 aromatic heterocycles. The van der Waals surface area contributed by atoms with E-state index in [0.29, 0.717) is 30.5 Å². The van der Waals surface area contributed by atoms with E-state index in [1.807, 2.05) is 45.0 Å². The maximum Gasteiger partial charge on any atom is 0.411 e. The summed E-state index contributed by atoms with van der Waals surface area (Å²) in [6, 6.07) is 6.15. The quantitative estimate of drug-likeness (QED) is 0.432. The van der Waals surface area contributed by atoms with Gasteiger partial charge in [0, 0.05) is 30.3 Å². The van der Waals surface area contributed by atoms with E-state index >= 15 is 0 Å². The number of methoxy groups -OCH3 is 1. The molecule has 1 aliphatic carbocycles. The van der Waals surface area contributed by atoms with Crippen LogP contribution in [0.5, 0.6) is 5.75 Å². The molecule has 38 heavy (non-hydrogen) atoms. The van der Waals surface area contributed by atoms with Crippen molar-refractivity contribution in [3.8, 4) is 5.75 Å². The highest BCUT2D eigenvalue weighted by Gasteiger charge is 2.36. The van der Waals surface area contributed by atoms with Crippen LogP contribution in [-0.2, 0) is 20.9 Å². The molecule has 1 unspecified atom stereocenters. The lowest BCUT2D eigenvalue weighted by molar-refractivity contribution is -0.131. The van der Waals surface area contributed by atoms with Crippen molar-refractivity contribution in [3.05, 3.63) is 29.8 Å². The molecule has 2 atom stereocenters. The number of benzene rings is 1. The van der Waals surface area contributed by atoms with Gasteiger partial charge in [0.1, 0.15) is 23.4 Å². The molecule has 1 aromatic carbocycles. The summed E-state index contributed by atoms with van der Waals surface area (Å²) in [6.45, 7) is 6.22.